The minimum atomic E-state index is -5.38. The van der Waals surface area contributed by atoms with E-state index >= 15 is 0 Å². The molecule has 0 aromatic rings. The van der Waals surface area contributed by atoms with Gasteiger partial charge in [-0.05, 0) is 48.9 Å². The standard InChI is InChI=1S/C35H52O16P2.H3N.7H2/c1-3-5-7-9-11-12-13-14-15-16-18-20-22-24-29(37)49-27(25-47-28(36)23-21-19-17-10-8-6-4-2)26-48-53(45,46)51-35-32(40)30(38)31(39)34(33(35)41)50-52(42,43)44;;;;;;;;/h27,30-35,38-41H,3,5,7,9,11-16,18,20,22,24-26H2,1-2H3,(H,45,46)(H2,42,43,44);1H3;7*1H/t27-,30+,31?,32?,33-,34-,35?;;;;;;;;/m1......../s1. The van der Waals surface area contributed by atoms with Crippen molar-refractivity contribution >= 4 is 27.6 Å². The van der Waals surface area contributed by atoms with E-state index in [4.69, 9.17) is 28.3 Å². The predicted octanol–water partition coefficient (Wildman–Crippen LogP) is 4.28. The fourth-order valence-corrected chi connectivity index (χ4v) is 6.61. The molecule has 0 bridgehead atoms. The van der Waals surface area contributed by atoms with E-state index in [0.717, 1.165) is 32.1 Å². The lowest BCUT2D eigenvalue weighted by Gasteiger charge is -2.43. The van der Waals surface area contributed by atoms with Gasteiger partial charge in [0.2, 0.25) is 0 Å². The zero-order chi connectivity index (χ0) is 39.7. The number of aliphatic hydroxyl groups excluding tert-OH is 4. The minimum absolute atomic E-state index is 0. The molecule has 54 heavy (non-hydrogen) atoms. The van der Waals surface area contributed by atoms with Crippen molar-refractivity contribution in [1.29, 1.82) is 0 Å². The highest BCUT2D eigenvalue weighted by atomic mass is 31.2. The van der Waals surface area contributed by atoms with E-state index in [1.165, 1.54) is 44.9 Å². The number of hydrogen-bond acceptors (Lipinski definition) is 14. The lowest BCUT2D eigenvalue weighted by molar-refractivity contribution is -0.216. The molecule has 0 saturated heterocycles. The molecule has 1 saturated carbocycles. The van der Waals surface area contributed by atoms with E-state index in [2.05, 4.69) is 58.8 Å². The first-order chi connectivity index (χ1) is 25.1. The van der Waals surface area contributed by atoms with Crippen LogP contribution in [0.15, 0.2) is 0 Å². The summed E-state index contributed by atoms with van der Waals surface area (Å²) in [6, 6.07) is 0. The first kappa shape index (κ1) is 51.2. The number of unbranched alkanes of at least 4 members (excludes halogenated alkanes) is 12. The van der Waals surface area contributed by atoms with E-state index in [0.29, 0.717) is 6.42 Å². The number of esters is 2. The number of ether oxygens (including phenoxy) is 2. The average molecular weight is 822 g/mol. The van der Waals surface area contributed by atoms with Crippen molar-refractivity contribution in [3.8, 4) is 47.4 Å². The quantitative estimate of drug-likeness (QED) is 0.0222. The summed E-state index contributed by atoms with van der Waals surface area (Å²) in [5.74, 6) is 16.9. The summed E-state index contributed by atoms with van der Waals surface area (Å²) in [6.07, 6.45) is -0.866. The Morgan fingerprint density at radius 1 is 0.667 bits per heavy atom. The van der Waals surface area contributed by atoms with Crippen molar-refractivity contribution in [3.63, 3.8) is 0 Å². The second kappa shape index (κ2) is 28.6. The molecule has 0 spiro atoms. The van der Waals surface area contributed by atoms with Gasteiger partial charge in [0.05, 0.1) is 6.61 Å². The highest BCUT2D eigenvalue weighted by Crippen LogP contribution is 2.49. The van der Waals surface area contributed by atoms with Gasteiger partial charge in [0.1, 0.15) is 43.2 Å². The summed E-state index contributed by atoms with van der Waals surface area (Å²) < 4.78 is 48.3. The molecule has 19 heteroatoms. The molecule has 0 aromatic heterocycles. The van der Waals surface area contributed by atoms with Crippen molar-refractivity contribution in [1.82, 2.24) is 6.15 Å². The number of phosphoric ester groups is 2. The number of phosphoric acid groups is 2. The Bertz CT molecular complexity index is 1510. The topological polar surface area (TPSA) is 291 Å². The van der Waals surface area contributed by atoms with Crippen LogP contribution in [-0.2, 0) is 41.8 Å². The summed E-state index contributed by atoms with van der Waals surface area (Å²) in [4.78, 5) is 53.2. The Kier molecular flexibility index (Phi) is 27.1. The number of carbonyl (C=O) groups excluding carboxylic acids is 2. The van der Waals surface area contributed by atoms with Gasteiger partial charge in [0.15, 0.2) is 6.10 Å². The van der Waals surface area contributed by atoms with Crippen LogP contribution in [0.3, 0.4) is 0 Å². The summed E-state index contributed by atoms with van der Waals surface area (Å²) in [5, 5.41) is 40.8. The number of hydrogen-bond donors (Lipinski definition) is 8. The van der Waals surface area contributed by atoms with Crippen LogP contribution in [0.25, 0.3) is 0 Å². The maximum Gasteiger partial charge on any atom is 0.472 e. The summed E-state index contributed by atoms with van der Waals surface area (Å²) in [5.41, 5.74) is 0. The minimum Gasteiger partial charge on any atom is -0.456 e. The third-order valence-corrected chi connectivity index (χ3v) is 9.27. The Hall–Kier alpha value is -2.80. The second-order valence-electron chi connectivity index (χ2n) is 12.2. The molecule has 0 heterocycles. The van der Waals surface area contributed by atoms with Gasteiger partial charge in [0, 0.05) is 22.3 Å². The number of carbonyl (C=O) groups is 2. The van der Waals surface area contributed by atoms with Crippen LogP contribution < -0.4 is 6.15 Å². The third-order valence-electron chi connectivity index (χ3n) is 7.77. The molecule has 1 aliphatic rings. The Morgan fingerprint density at radius 2 is 1.15 bits per heavy atom. The van der Waals surface area contributed by atoms with E-state index in [-0.39, 0.29) is 22.6 Å². The Morgan fingerprint density at radius 3 is 1.67 bits per heavy atom. The van der Waals surface area contributed by atoms with Crippen molar-refractivity contribution in [2.75, 3.05) is 13.2 Å². The van der Waals surface area contributed by atoms with E-state index in [1.807, 2.05) is 0 Å². The van der Waals surface area contributed by atoms with Crippen LogP contribution in [0.1, 0.15) is 114 Å². The molecule has 0 aromatic carbocycles. The van der Waals surface area contributed by atoms with Crippen LogP contribution in [0.2, 0.25) is 0 Å². The molecule has 0 amide bonds. The normalized spacial score (nSPS) is 22.1. The zero-order valence-electron chi connectivity index (χ0n) is 30.8. The van der Waals surface area contributed by atoms with E-state index < -0.39 is 83.5 Å². The van der Waals surface area contributed by atoms with Gasteiger partial charge < -0.3 is 50.7 Å². The maximum atomic E-state index is 12.8. The first-order valence-electron chi connectivity index (χ1n) is 17.5. The lowest BCUT2D eigenvalue weighted by atomic mass is 9.85. The maximum absolute atomic E-state index is 12.8. The third kappa shape index (κ3) is 23.2. The average Bonchev–Trinajstić information content (AvgIpc) is 3.10. The van der Waals surface area contributed by atoms with Crippen LogP contribution in [0.4, 0.5) is 0 Å². The molecule has 0 aliphatic heterocycles. The lowest BCUT2D eigenvalue weighted by Crippen LogP contribution is -2.64. The molecule has 1 fully saturated rings. The predicted molar refractivity (Wildman–Crippen MR) is 209 cm³/mol. The first-order valence-corrected chi connectivity index (χ1v) is 20.5. The molecular weight excluding hydrogens is 752 g/mol. The summed E-state index contributed by atoms with van der Waals surface area (Å²) in [6.45, 7) is 2.15. The van der Waals surface area contributed by atoms with Crippen molar-refractivity contribution < 1.29 is 86.9 Å². The van der Waals surface area contributed by atoms with Crippen LogP contribution >= 0.6 is 15.6 Å². The molecule has 10 N–H and O–H groups in total. The van der Waals surface area contributed by atoms with E-state index in [1.54, 1.807) is 6.92 Å². The molecule has 1 aliphatic carbocycles. The Balaban J connectivity index is -0.000000585. The van der Waals surface area contributed by atoms with E-state index in [9.17, 15) is 44.0 Å². The number of rotatable bonds is 24. The SMILES string of the molecule is CC#CC#CC#CC#CC(=O)OC[C@H](COP(=O)(O)OC1C(O)[C@@H](O)C(O)[C@@H](OP(=O)(O)O)[C@H]1O)OC(=O)CCCCCCCCCCCCCCC.N.[HH].[HH].[HH].[HH].[HH].[HH].[HH]. The highest BCUT2D eigenvalue weighted by molar-refractivity contribution is 7.47. The van der Waals surface area contributed by atoms with Gasteiger partial charge in [-0.3, -0.25) is 18.4 Å². The highest BCUT2D eigenvalue weighted by Gasteiger charge is 2.54. The smallest absolute Gasteiger partial charge is 0.456 e. The molecule has 0 radical (unpaired) electrons. The van der Waals surface area contributed by atoms with Crippen molar-refractivity contribution in [2.45, 2.75) is 146 Å². The fourth-order valence-electron chi connectivity index (χ4n) is 5.07. The Labute approximate surface area is 327 Å². The monoisotopic (exact) mass is 821 g/mol. The van der Waals surface area contributed by atoms with Crippen LogP contribution in [0, 0.1) is 47.4 Å². The van der Waals surface area contributed by atoms with Crippen molar-refractivity contribution in [2.24, 2.45) is 0 Å². The van der Waals surface area contributed by atoms with Gasteiger partial charge in [0.25, 0.3) is 0 Å². The molecule has 4 unspecified atom stereocenters. The summed E-state index contributed by atoms with van der Waals surface area (Å²) >= 11 is 0. The van der Waals surface area contributed by atoms with Crippen LogP contribution in [-0.4, -0.2) is 103 Å². The van der Waals surface area contributed by atoms with Gasteiger partial charge in [-0.1, -0.05) is 89.9 Å². The van der Waals surface area contributed by atoms with Crippen LogP contribution in [0.5, 0.6) is 0 Å². The zero-order valence-corrected chi connectivity index (χ0v) is 32.6. The van der Waals surface area contributed by atoms with Gasteiger partial charge in [-0.15, -0.1) is 0 Å². The molecular formula is C35H69NO16P2. The van der Waals surface area contributed by atoms with Gasteiger partial charge in [-0.2, -0.15) is 0 Å². The summed E-state index contributed by atoms with van der Waals surface area (Å²) in [7, 11) is -10.7. The fraction of sp³-hybridized carbons (Fsp3) is 0.714. The molecule has 1 rings (SSSR count). The molecule has 17 nitrogen and oxygen atoms in total. The molecule has 8 atom stereocenters. The molecule has 320 valence electrons. The largest absolute Gasteiger partial charge is 0.472 e. The second-order valence-corrected chi connectivity index (χ2v) is 14.8. The van der Waals surface area contributed by atoms with Gasteiger partial charge >= 0.3 is 27.6 Å². The van der Waals surface area contributed by atoms with Crippen molar-refractivity contribution in [3.05, 3.63) is 0 Å². The number of aliphatic hydroxyl groups is 4. The van der Waals surface area contributed by atoms with Gasteiger partial charge in [-0.25, -0.2) is 13.9 Å².